The number of hydrogen-bond donors (Lipinski definition) is 0. The molecule has 0 aliphatic heterocycles. The van der Waals surface area contributed by atoms with Gasteiger partial charge in [0.1, 0.15) is 5.69 Å². The average molecular weight is 367 g/mol. The Morgan fingerprint density at radius 2 is 2.20 bits per heavy atom. The summed E-state index contributed by atoms with van der Waals surface area (Å²) in [5.41, 5.74) is 0.942. The van der Waals surface area contributed by atoms with Crippen molar-refractivity contribution >= 4 is 43.6 Å². The molecular weight excluding hydrogens is 360 g/mol. The molecule has 20 heavy (non-hydrogen) atoms. The largest absolute Gasteiger partial charge is 0.264 e. The lowest BCUT2D eigenvalue weighted by atomic mass is 10.4. The molecule has 4 aromatic heterocycles. The molecule has 0 unspecified atom stereocenters. The molecule has 0 atom stereocenters. The summed E-state index contributed by atoms with van der Waals surface area (Å²) in [4.78, 5) is 1.83. The third-order valence-electron chi connectivity index (χ3n) is 2.83. The molecule has 6 nitrogen and oxygen atoms in total. The lowest BCUT2D eigenvalue weighted by Crippen LogP contribution is -1.95. The molecule has 0 saturated heterocycles. The van der Waals surface area contributed by atoms with Crippen molar-refractivity contribution in [2.24, 2.45) is 7.05 Å². The Hall–Kier alpha value is -1.58. The molecule has 4 aromatic rings. The van der Waals surface area contributed by atoms with Gasteiger partial charge in [0.05, 0.1) is 15.5 Å². The van der Waals surface area contributed by atoms with Crippen molar-refractivity contribution in [2.75, 3.05) is 0 Å². The van der Waals surface area contributed by atoms with Crippen LogP contribution in [0.2, 0.25) is 0 Å². The van der Waals surface area contributed by atoms with E-state index in [1.54, 1.807) is 26.7 Å². The molecule has 0 spiro atoms. The summed E-state index contributed by atoms with van der Waals surface area (Å²) < 4.78 is 4.49. The van der Waals surface area contributed by atoms with Crippen LogP contribution in [0.15, 0.2) is 28.2 Å². The van der Waals surface area contributed by atoms with Crippen LogP contribution in [0.25, 0.3) is 26.4 Å². The summed E-state index contributed by atoms with van der Waals surface area (Å²) in [6, 6.07) is 4.01. The predicted molar refractivity (Wildman–Crippen MR) is 81.9 cm³/mol. The van der Waals surface area contributed by atoms with E-state index in [4.69, 9.17) is 0 Å². The van der Waals surface area contributed by atoms with E-state index in [9.17, 15) is 0 Å². The lowest BCUT2D eigenvalue weighted by Gasteiger charge is -1.96. The summed E-state index contributed by atoms with van der Waals surface area (Å²) in [6.45, 7) is 0. The Bertz CT molecular complexity index is 868. The number of thiophene rings is 1. The number of aryl methyl sites for hydroxylation is 1. The molecule has 0 aliphatic carbocycles. The van der Waals surface area contributed by atoms with Crippen LogP contribution in [0.1, 0.15) is 0 Å². The second-order valence-corrected chi connectivity index (χ2v) is 6.83. The van der Waals surface area contributed by atoms with Crippen LogP contribution >= 0.6 is 38.6 Å². The molecule has 0 amide bonds. The van der Waals surface area contributed by atoms with Crippen molar-refractivity contribution in [1.82, 2.24) is 29.6 Å². The molecule has 0 N–H and O–H groups in total. The van der Waals surface area contributed by atoms with E-state index >= 15 is 0 Å². The Kier molecular flexibility index (Phi) is 2.72. The van der Waals surface area contributed by atoms with E-state index in [-0.39, 0.29) is 0 Å². The Morgan fingerprint density at radius 3 is 2.90 bits per heavy atom. The Morgan fingerprint density at radius 1 is 1.30 bits per heavy atom. The van der Waals surface area contributed by atoms with Gasteiger partial charge in [-0.3, -0.25) is 4.68 Å². The van der Waals surface area contributed by atoms with Crippen LogP contribution in [0.4, 0.5) is 0 Å². The van der Waals surface area contributed by atoms with Crippen molar-refractivity contribution in [3.05, 3.63) is 28.2 Å². The molecule has 0 aliphatic rings. The Balaban J connectivity index is 1.93. The van der Waals surface area contributed by atoms with E-state index in [0.29, 0.717) is 0 Å². The second-order valence-electron chi connectivity index (χ2n) is 4.07. The number of rotatable bonds is 2. The predicted octanol–water partition coefficient (Wildman–Crippen LogP) is 3.08. The van der Waals surface area contributed by atoms with Gasteiger partial charge in [0, 0.05) is 7.05 Å². The van der Waals surface area contributed by atoms with E-state index < -0.39 is 0 Å². The van der Waals surface area contributed by atoms with Gasteiger partial charge in [-0.25, -0.2) is 0 Å². The zero-order valence-corrected chi connectivity index (χ0v) is 13.4. The van der Waals surface area contributed by atoms with Crippen LogP contribution < -0.4 is 0 Å². The maximum Gasteiger partial charge on any atom is 0.235 e. The van der Waals surface area contributed by atoms with Crippen molar-refractivity contribution in [2.45, 2.75) is 0 Å². The van der Waals surface area contributed by atoms with E-state index in [0.717, 1.165) is 30.8 Å². The molecule has 0 fully saturated rings. The minimum atomic E-state index is 0.774. The SMILES string of the molecule is Cn1ncc(Br)c1-c1nn2c(-c3cccs3)nnc2s1. The van der Waals surface area contributed by atoms with Crippen molar-refractivity contribution in [3.63, 3.8) is 0 Å². The number of fused-ring (bicyclic) bond motifs is 1. The first-order valence-corrected chi connectivity index (χ1v) is 8.17. The summed E-state index contributed by atoms with van der Waals surface area (Å²) >= 11 is 6.61. The molecule has 100 valence electrons. The van der Waals surface area contributed by atoms with Gasteiger partial charge in [0.2, 0.25) is 4.96 Å². The fourth-order valence-electron chi connectivity index (χ4n) is 1.92. The van der Waals surface area contributed by atoms with Crippen LogP contribution in [-0.4, -0.2) is 29.6 Å². The fourth-order valence-corrected chi connectivity index (χ4v) is 4.21. The molecule has 0 bridgehead atoms. The minimum Gasteiger partial charge on any atom is -0.264 e. The van der Waals surface area contributed by atoms with Gasteiger partial charge in [-0.2, -0.15) is 14.7 Å². The highest BCUT2D eigenvalue weighted by Gasteiger charge is 2.18. The van der Waals surface area contributed by atoms with E-state index in [2.05, 4.69) is 36.3 Å². The zero-order valence-electron chi connectivity index (χ0n) is 10.2. The smallest absolute Gasteiger partial charge is 0.235 e. The lowest BCUT2D eigenvalue weighted by molar-refractivity contribution is 0.772. The van der Waals surface area contributed by atoms with Gasteiger partial charge < -0.3 is 0 Å². The van der Waals surface area contributed by atoms with Gasteiger partial charge in [-0.05, 0) is 27.4 Å². The van der Waals surface area contributed by atoms with E-state index in [1.165, 1.54) is 11.3 Å². The minimum absolute atomic E-state index is 0.774. The number of halogens is 1. The second kappa shape index (κ2) is 4.47. The molecule has 0 radical (unpaired) electrons. The molecule has 4 rings (SSSR count). The van der Waals surface area contributed by atoms with Crippen molar-refractivity contribution in [3.8, 4) is 21.4 Å². The molecule has 4 heterocycles. The topological polar surface area (TPSA) is 60.9 Å². The first-order valence-electron chi connectivity index (χ1n) is 5.68. The number of aromatic nitrogens is 6. The maximum absolute atomic E-state index is 4.62. The van der Waals surface area contributed by atoms with Gasteiger partial charge in [-0.1, -0.05) is 17.4 Å². The normalized spacial score (nSPS) is 11.5. The summed E-state index contributed by atoms with van der Waals surface area (Å²) in [5, 5.41) is 20.1. The maximum atomic E-state index is 4.62. The van der Waals surface area contributed by atoms with Gasteiger partial charge in [0.25, 0.3) is 0 Å². The average Bonchev–Trinajstić information content (AvgIpc) is 3.12. The van der Waals surface area contributed by atoms with Gasteiger partial charge in [0.15, 0.2) is 10.8 Å². The van der Waals surface area contributed by atoms with Crippen LogP contribution in [0.5, 0.6) is 0 Å². The van der Waals surface area contributed by atoms with Crippen LogP contribution in [0.3, 0.4) is 0 Å². The highest BCUT2D eigenvalue weighted by molar-refractivity contribution is 9.10. The monoisotopic (exact) mass is 366 g/mol. The van der Waals surface area contributed by atoms with E-state index in [1.807, 2.05) is 24.6 Å². The van der Waals surface area contributed by atoms with Gasteiger partial charge in [-0.15, -0.1) is 21.5 Å². The molecule has 0 aromatic carbocycles. The highest BCUT2D eigenvalue weighted by Crippen LogP contribution is 2.32. The first kappa shape index (κ1) is 12.2. The zero-order chi connectivity index (χ0) is 13.7. The molecule has 9 heteroatoms. The number of nitrogens with zero attached hydrogens (tertiary/aromatic N) is 6. The standard InChI is InChI=1S/C11H7BrN6S2/c1-17-8(6(12)5-13-17)10-16-18-9(7-3-2-4-19-7)14-15-11(18)20-10/h2-5H,1H3. The highest BCUT2D eigenvalue weighted by atomic mass is 79.9. The fraction of sp³-hybridized carbons (Fsp3) is 0.0909. The third-order valence-corrected chi connectivity index (χ3v) is 5.18. The summed E-state index contributed by atoms with van der Waals surface area (Å²) in [6.07, 6.45) is 1.76. The van der Waals surface area contributed by atoms with Crippen molar-refractivity contribution < 1.29 is 0 Å². The Labute approximate surface area is 129 Å². The molecule has 0 saturated carbocycles. The number of hydrogen-bond acceptors (Lipinski definition) is 6. The summed E-state index contributed by atoms with van der Waals surface area (Å²) in [7, 11) is 1.89. The first-order chi connectivity index (χ1) is 9.74. The third kappa shape index (κ3) is 1.74. The quantitative estimate of drug-likeness (QED) is 0.546. The van der Waals surface area contributed by atoms with Crippen LogP contribution in [0, 0.1) is 0 Å². The van der Waals surface area contributed by atoms with Crippen molar-refractivity contribution in [1.29, 1.82) is 0 Å². The summed E-state index contributed by atoms with van der Waals surface area (Å²) in [5.74, 6) is 0.774. The van der Waals surface area contributed by atoms with Crippen LogP contribution in [-0.2, 0) is 7.05 Å². The van der Waals surface area contributed by atoms with Gasteiger partial charge >= 0.3 is 0 Å². The molecular formula is C11H7BrN6S2.